The zero-order valence-electron chi connectivity index (χ0n) is 7.58. The minimum absolute atomic E-state index is 0.164. The summed E-state index contributed by atoms with van der Waals surface area (Å²) in [6.45, 7) is 0. The molecule has 0 unspecified atom stereocenters. The van der Waals surface area contributed by atoms with E-state index in [2.05, 4.69) is 11.2 Å². The molecule has 0 atom stereocenters. The summed E-state index contributed by atoms with van der Waals surface area (Å²) in [4.78, 5) is 3.67. The molecule has 4 heteroatoms. The van der Waals surface area contributed by atoms with Gasteiger partial charge in [0.1, 0.15) is 5.75 Å². The van der Waals surface area contributed by atoms with Gasteiger partial charge in [0.15, 0.2) is 11.6 Å². The first kappa shape index (κ1) is 9.58. The third-order valence-electron chi connectivity index (χ3n) is 1.73. The molecule has 1 radical (unpaired) electrons. The predicted octanol–water partition coefficient (Wildman–Crippen LogP) is 2.95. The number of ether oxygens (including phenoxy) is 1. The summed E-state index contributed by atoms with van der Waals surface area (Å²) < 4.78 is 31.1. The zero-order valence-corrected chi connectivity index (χ0v) is 7.58. The van der Waals surface area contributed by atoms with Gasteiger partial charge in [-0.1, -0.05) is 6.07 Å². The van der Waals surface area contributed by atoms with Crippen molar-refractivity contribution in [1.29, 1.82) is 0 Å². The molecule has 75 valence electrons. The maximum atomic E-state index is 13.2. The Kier molecular flexibility index (Phi) is 2.58. The Balaban J connectivity index is 2.29. The number of pyridine rings is 1. The second-order valence-corrected chi connectivity index (χ2v) is 2.78. The van der Waals surface area contributed by atoms with E-state index in [0.29, 0.717) is 5.75 Å². The maximum absolute atomic E-state index is 13.2. The highest BCUT2D eigenvalue weighted by Crippen LogP contribution is 2.24. The lowest BCUT2D eigenvalue weighted by Gasteiger charge is -2.05. The summed E-state index contributed by atoms with van der Waals surface area (Å²) in [5.74, 6) is -1.78. The molecule has 0 bridgehead atoms. The summed E-state index contributed by atoms with van der Waals surface area (Å²) in [5.41, 5.74) is 0. The van der Waals surface area contributed by atoms with Gasteiger partial charge in [-0.25, -0.2) is 4.39 Å². The lowest BCUT2D eigenvalue weighted by Crippen LogP contribution is -1.91. The van der Waals surface area contributed by atoms with Gasteiger partial charge in [-0.3, -0.25) is 4.98 Å². The largest absolute Gasteiger partial charge is 0.453 e. The van der Waals surface area contributed by atoms with Crippen LogP contribution in [0, 0.1) is 17.8 Å². The number of halogens is 2. The number of nitrogens with zero attached hydrogens (tertiary/aromatic N) is 1. The van der Waals surface area contributed by atoms with Gasteiger partial charge < -0.3 is 4.74 Å². The smallest absolute Gasteiger partial charge is 0.201 e. The molecule has 0 aliphatic carbocycles. The average molecular weight is 206 g/mol. The highest BCUT2D eigenvalue weighted by Gasteiger charge is 2.09. The van der Waals surface area contributed by atoms with Crippen LogP contribution in [-0.4, -0.2) is 4.98 Å². The molecule has 0 fully saturated rings. The lowest BCUT2D eigenvalue weighted by molar-refractivity contribution is 0.415. The fourth-order valence-corrected chi connectivity index (χ4v) is 1.06. The standard InChI is InChI=1S/C11H6F2NO/c12-9-4-1-5-10(11(9)13)15-8-3-2-6-14-7-8/h1-5,7H. The molecule has 0 amide bonds. The Morgan fingerprint density at radius 3 is 2.80 bits per heavy atom. The van der Waals surface area contributed by atoms with Crippen LogP contribution in [0.4, 0.5) is 8.78 Å². The lowest BCUT2D eigenvalue weighted by atomic mass is 10.3. The molecule has 1 aromatic heterocycles. The molecule has 15 heavy (non-hydrogen) atoms. The van der Waals surface area contributed by atoms with Gasteiger partial charge in [0, 0.05) is 0 Å². The number of aromatic nitrogens is 1. The molecule has 1 aromatic carbocycles. The van der Waals surface area contributed by atoms with Crippen molar-refractivity contribution in [2.24, 2.45) is 0 Å². The summed E-state index contributed by atoms with van der Waals surface area (Å²) in [6.07, 6.45) is 3.91. The quantitative estimate of drug-likeness (QED) is 0.753. The van der Waals surface area contributed by atoms with Gasteiger partial charge in [-0.05, 0) is 24.3 Å². The first-order valence-electron chi connectivity index (χ1n) is 4.21. The first-order valence-corrected chi connectivity index (χ1v) is 4.21. The molecular weight excluding hydrogens is 200 g/mol. The summed E-state index contributed by atoms with van der Waals surface area (Å²) in [6, 6.07) is 6.81. The van der Waals surface area contributed by atoms with Gasteiger partial charge in [-0.15, -0.1) is 0 Å². The number of hydrogen-bond donors (Lipinski definition) is 0. The molecule has 2 aromatic rings. The first-order chi connectivity index (χ1) is 7.27. The van der Waals surface area contributed by atoms with Crippen molar-refractivity contribution < 1.29 is 13.5 Å². The van der Waals surface area contributed by atoms with Crippen LogP contribution < -0.4 is 4.74 Å². The zero-order chi connectivity index (χ0) is 10.7. The fraction of sp³-hybridized carbons (Fsp3) is 0. The van der Waals surface area contributed by atoms with Gasteiger partial charge in [0.2, 0.25) is 5.82 Å². The molecular formula is C11H6F2NO. The SMILES string of the molecule is Fc1cccc(Oc2cc[c]nc2)c1F. The van der Waals surface area contributed by atoms with E-state index in [-0.39, 0.29) is 5.75 Å². The highest BCUT2D eigenvalue weighted by atomic mass is 19.2. The Morgan fingerprint density at radius 1 is 1.20 bits per heavy atom. The van der Waals surface area contributed by atoms with E-state index in [9.17, 15) is 8.78 Å². The highest BCUT2D eigenvalue weighted by molar-refractivity contribution is 5.30. The van der Waals surface area contributed by atoms with E-state index < -0.39 is 11.6 Å². The van der Waals surface area contributed by atoms with Crippen molar-refractivity contribution in [2.45, 2.75) is 0 Å². The van der Waals surface area contributed by atoms with Crippen molar-refractivity contribution in [3.05, 3.63) is 54.4 Å². The van der Waals surface area contributed by atoms with Crippen molar-refractivity contribution >= 4 is 0 Å². The second-order valence-electron chi connectivity index (χ2n) is 2.78. The number of rotatable bonds is 2. The van der Waals surface area contributed by atoms with Crippen LogP contribution in [0.15, 0.2) is 36.5 Å². The van der Waals surface area contributed by atoms with Crippen LogP contribution in [0.5, 0.6) is 11.5 Å². The van der Waals surface area contributed by atoms with E-state index in [1.807, 2.05) is 0 Å². The molecule has 2 nitrogen and oxygen atoms in total. The molecule has 2 rings (SSSR count). The minimum atomic E-state index is -1.01. The van der Waals surface area contributed by atoms with Gasteiger partial charge in [-0.2, -0.15) is 4.39 Å². The minimum Gasteiger partial charge on any atom is -0.453 e. The van der Waals surface area contributed by atoms with Crippen LogP contribution in [0.3, 0.4) is 0 Å². The van der Waals surface area contributed by atoms with Crippen LogP contribution in [0.1, 0.15) is 0 Å². The number of benzene rings is 1. The third kappa shape index (κ3) is 2.10. The summed E-state index contributed by atoms with van der Waals surface area (Å²) in [7, 11) is 0. The van der Waals surface area contributed by atoms with E-state index in [0.717, 1.165) is 6.07 Å². The van der Waals surface area contributed by atoms with E-state index in [1.165, 1.54) is 24.4 Å². The molecule has 0 aliphatic rings. The number of hydrogen-bond acceptors (Lipinski definition) is 2. The summed E-state index contributed by atoms with van der Waals surface area (Å²) >= 11 is 0. The van der Waals surface area contributed by atoms with Crippen LogP contribution >= 0.6 is 0 Å². The normalized spacial score (nSPS) is 10.0. The van der Waals surface area contributed by atoms with Crippen molar-refractivity contribution in [2.75, 3.05) is 0 Å². The topological polar surface area (TPSA) is 22.1 Å². The maximum Gasteiger partial charge on any atom is 0.201 e. The van der Waals surface area contributed by atoms with Crippen LogP contribution in [0.2, 0.25) is 0 Å². The molecule has 1 heterocycles. The van der Waals surface area contributed by atoms with Gasteiger partial charge in [0.25, 0.3) is 0 Å². The fourth-order valence-electron chi connectivity index (χ4n) is 1.06. The molecule has 0 N–H and O–H groups in total. The third-order valence-corrected chi connectivity index (χ3v) is 1.73. The second kappa shape index (κ2) is 4.04. The molecule has 0 aliphatic heterocycles. The average Bonchev–Trinajstić information content (AvgIpc) is 2.26. The van der Waals surface area contributed by atoms with Crippen LogP contribution in [-0.2, 0) is 0 Å². The van der Waals surface area contributed by atoms with E-state index in [1.54, 1.807) is 6.07 Å². The Hall–Kier alpha value is -1.97. The Labute approximate surface area is 85.2 Å². The van der Waals surface area contributed by atoms with Crippen molar-refractivity contribution in [1.82, 2.24) is 4.98 Å². The van der Waals surface area contributed by atoms with E-state index >= 15 is 0 Å². The summed E-state index contributed by atoms with van der Waals surface area (Å²) in [5, 5.41) is 0. The van der Waals surface area contributed by atoms with Crippen molar-refractivity contribution in [3.63, 3.8) is 0 Å². The van der Waals surface area contributed by atoms with Crippen molar-refractivity contribution in [3.8, 4) is 11.5 Å². The molecule has 0 saturated carbocycles. The van der Waals surface area contributed by atoms with Gasteiger partial charge >= 0.3 is 0 Å². The molecule has 0 saturated heterocycles. The van der Waals surface area contributed by atoms with Crippen LogP contribution in [0.25, 0.3) is 0 Å². The molecule has 0 spiro atoms. The van der Waals surface area contributed by atoms with Gasteiger partial charge in [0.05, 0.1) is 12.4 Å². The monoisotopic (exact) mass is 206 g/mol. The van der Waals surface area contributed by atoms with E-state index in [4.69, 9.17) is 4.74 Å². The predicted molar refractivity (Wildman–Crippen MR) is 49.5 cm³/mol. The Bertz CT molecular complexity index is 459. The Morgan fingerprint density at radius 2 is 2.07 bits per heavy atom.